The normalized spacial score (nSPS) is 12.3. The van der Waals surface area contributed by atoms with E-state index in [4.69, 9.17) is 0 Å². The van der Waals surface area contributed by atoms with Crippen molar-refractivity contribution in [1.82, 2.24) is 24.9 Å². The number of carbonyl (C=O) groups is 1. The molecule has 0 aliphatic heterocycles. The molecule has 158 valence electrons. The minimum atomic E-state index is -0.372. The maximum absolute atomic E-state index is 12.7. The Bertz CT molecular complexity index is 1270. The van der Waals surface area contributed by atoms with Crippen molar-refractivity contribution in [2.24, 2.45) is 5.92 Å². The molecule has 0 aliphatic rings. The number of amides is 1. The minimum absolute atomic E-state index is 0.0602. The molecule has 0 fully saturated rings. The fourth-order valence-electron chi connectivity index (χ4n) is 3.64. The molecule has 7 heteroatoms. The van der Waals surface area contributed by atoms with Crippen molar-refractivity contribution in [3.8, 4) is 11.4 Å². The first-order chi connectivity index (χ1) is 14.9. The second kappa shape index (κ2) is 8.55. The van der Waals surface area contributed by atoms with Gasteiger partial charge in [-0.2, -0.15) is 0 Å². The zero-order valence-electron chi connectivity index (χ0n) is 17.8. The quantitative estimate of drug-likeness (QED) is 0.505. The van der Waals surface area contributed by atoms with Crippen molar-refractivity contribution in [3.05, 3.63) is 88.0 Å². The number of pyridine rings is 1. The number of benzene rings is 1. The van der Waals surface area contributed by atoms with E-state index in [9.17, 15) is 9.59 Å². The van der Waals surface area contributed by atoms with Gasteiger partial charge in [-0.3, -0.25) is 19.7 Å². The number of aromatic nitrogens is 4. The van der Waals surface area contributed by atoms with Crippen LogP contribution in [0.15, 0.2) is 65.6 Å². The molecule has 0 spiro atoms. The van der Waals surface area contributed by atoms with Gasteiger partial charge < -0.3 is 5.32 Å². The molecule has 31 heavy (non-hydrogen) atoms. The molecule has 1 atom stereocenters. The first kappa shape index (κ1) is 20.5. The highest BCUT2D eigenvalue weighted by molar-refractivity contribution is 5.79. The Balaban J connectivity index is 1.62. The summed E-state index contributed by atoms with van der Waals surface area (Å²) in [6.07, 6.45) is 1.97. The third-order valence-electron chi connectivity index (χ3n) is 5.16. The van der Waals surface area contributed by atoms with Crippen molar-refractivity contribution in [2.45, 2.75) is 33.2 Å². The Labute approximate surface area is 180 Å². The summed E-state index contributed by atoms with van der Waals surface area (Å²) < 4.78 is 1.39. The molecule has 0 saturated carbocycles. The van der Waals surface area contributed by atoms with Crippen LogP contribution in [0.4, 0.5) is 0 Å². The van der Waals surface area contributed by atoms with Gasteiger partial charge in [0.1, 0.15) is 0 Å². The number of H-pyrrole nitrogens is 1. The number of aromatic amines is 1. The van der Waals surface area contributed by atoms with Crippen LogP contribution in [0.5, 0.6) is 0 Å². The lowest BCUT2D eigenvalue weighted by Crippen LogP contribution is -2.34. The molecule has 1 unspecified atom stereocenters. The number of hydrogen-bond acceptors (Lipinski definition) is 4. The number of hydrogen-bond donors (Lipinski definition) is 2. The topological polar surface area (TPSA) is 92.2 Å². The molecule has 0 bridgehead atoms. The number of aryl methyl sites for hydroxylation is 1. The van der Waals surface area contributed by atoms with Crippen LogP contribution in [-0.4, -0.2) is 25.5 Å². The standard InChI is InChI=1S/C24H25N5O2/c1-15(2)24(27-22(30)12-17-8-6-7-16(3)11-17)20-14-23(31)29-21(26-20)13-19(28-29)18-9-4-5-10-25-18/h4-11,13-15,24,28H,12H2,1-3H3,(H,27,30). The van der Waals surface area contributed by atoms with Crippen molar-refractivity contribution in [2.75, 3.05) is 0 Å². The summed E-state index contributed by atoms with van der Waals surface area (Å²) in [7, 11) is 0. The van der Waals surface area contributed by atoms with Gasteiger partial charge in [0.2, 0.25) is 5.91 Å². The van der Waals surface area contributed by atoms with Gasteiger partial charge in [-0.15, -0.1) is 0 Å². The monoisotopic (exact) mass is 415 g/mol. The van der Waals surface area contributed by atoms with Gasteiger partial charge in [0.05, 0.1) is 29.5 Å². The average molecular weight is 415 g/mol. The third-order valence-corrected chi connectivity index (χ3v) is 5.16. The van der Waals surface area contributed by atoms with Gasteiger partial charge in [-0.25, -0.2) is 9.50 Å². The van der Waals surface area contributed by atoms with E-state index >= 15 is 0 Å². The number of nitrogens with zero attached hydrogens (tertiary/aromatic N) is 3. The van der Waals surface area contributed by atoms with Crippen LogP contribution in [-0.2, 0) is 11.2 Å². The van der Waals surface area contributed by atoms with E-state index in [1.807, 2.05) is 63.2 Å². The first-order valence-electron chi connectivity index (χ1n) is 10.3. The largest absolute Gasteiger partial charge is 0.347 e. The fourth-order valence-corrected chi connectivity index (χ4v) is 3.64. The lowest BCUT2D eigenvalue weighted by Gasteiger charge is -2.22. The molecule has 4 aromatic rings. The highest BCUT2D eigenvalue weighted by Gasteiger charge is 2.22. The molecule has 0 aliphatic carbocycles. The van der Waals surface area contributed by atoms with Crippen molar-refractivity contribution in [3.63, 3.8) is 0 Å². The molecule has 7 nitrogen and oxygen atoms in total. The number of carbonyl (C=O) groups excluding carboxylic acids is 1. The highest BCUT2D eigenvalue weighted by Crippen LogP contribution is 2.21. The molecular formula is C24H25N5O2. The van der Waals surface area contributed by atoms with E-state index in [1.165, 1.54) is 10.6 Å². The van der Waals surface area contributed by atoms with Gasteiger partial charge >= 0.3 is 0 Å². The Morgan fingerprint density at radius 2 is 1.97 bits per heavy atom. The van der Waals surface area contributed by atoms with E-state index in [-0.39, 0.29) is 29.8 Å². The Morgan fingerprint density at radius 3 is 2.68 bits per heavy atom. The maximum Gasteiger partial charge on any atom is 0.272 e. The predicted octanol–water partition coefficient (Wildman–Crippen LogP) is 3.45. The zero-order chi connectivity index (χ0) is 22.0. The zero-order valence-corrected chi connectivity index (χ0v) is 17.8. The molecular weight excluding hydrogens is 390 g/mol. The summed E-state index contributed by atoms with van der Waals surface area (Å²) in [5, 5.41) is 6.11. The molecule has 0 radical (unpaired) electrons. The van der Waals surface area contributed by atoms with Crippen LogP contribution >= 0.6 is 0 Å². The number of rotatable bonds is 6. The van der Waals surface area contributed by atoms with Crippen LogP contribution in [0.2, 0.25) is 0 Å². The second-order valence-electron chi connectivity index (χ2n) is 8.05. The molecule has 4 rings (SSSR count). The Hall–Kier alpha value is -3.74. The van der Waals surface area contributed by atoms with E-state index < -0.39 is 0 Å². The minimum Gasteiger partial charge on any atom is -0.347 e. The van der Waals surface area contributed by atoms with Crippen molar-refractivity contribution >= 4 is 11.6 Å². The predicted molar refractivity (Wildman–Crippen MR) is 120 cm³/mol. The third kappa shape index (κ3) is 4.55. The second-order valence-corrected chi connectivity index (χ2v) is 8.05. The molecule has 3 aromatic heterocycles. The summed E-state index contributed by atoms with van der Waals surface area (Å²) in [6, 6.07) is 16.4. The van der Waals surface area contributed by atoms with E-state index in [1.54, 1.807) is 12.3 Å². The van der Waals surface area contributed by atoms with E-state index in [0.29, 0.717) is 17.0 Å². The average Bonchev–Trinajstić information content (AvgIpc) is 3.17. The van der Waals surface area contributed by atoms with E-state index in [0.717, 1.165) is 16.8 Å². The van der Waals surface area contributed by atoms with Crippen LogP contribution < -0.4 is 10.9 Å². The summed E-state index contributed by atoms with van der Waals surface area (Å²) in [6.45, 7) is 6.00. The van der Waals surface area contributed by atoms with Crippen LogP contribution in [0.3, 0.4) is 0 Å². The van der Waals surface area contributed by atoms with Crippen LogP contribution in [0, 0.1) is 12.8 Å². The Morgan fingerprint density at radius 1 is 1.13 bits per heavy atom. The molecule has 2 N–H and O–H groups in total. The van der Waals surface area contributed by atoms with Gasteiger partial charge in [0, 0.05) is 18.3 Å². The molecule has 3 heterocycles. The smallest absolute Gasteiger partial charge is 0.272 e. The fraction of sp³-hybridized carbons (Fsp3) is 0.250. The van der Waals surface area contributed by atoms with E-state index in [2.05, 4.69) is 20.4 Å². The summed E-state index contributed by atoms with van der Waals surface area (Å²) >= 11 is 0. The lowest BCUT2D eigenvalue weighted by molar-refractivity contribution is -0.121. The number of nitrogens with one attached hydrogen (secondary N) is 2. The highest BCUT2D eigenvalue weighted by atomic mass is 16.1. The molecule has 0 saturated heterocycles. The van der Waals surface area contributed by atoms with Crippen molar-refractivity contribution in [1.29, 1.82) is 0 Å². The van der Waals surface area contributed by atoms with Gasteiger partial charge in [-0.05, 0) is 30.5 Å². The summed E-state index contributed by atoms with van der Waals surface area (Å²) in [5.41, 5.74) is 4.29. The van der Waals surface area contributed by atoms with Gasteiger partial charge in [0.25, 0.3) is 5.56 Å². The van der Waals surface area contributed by atoms with Gasteiger partial charge in [-0.1, -0.05) is 49.7 Å². The van der Waals surface area contributed by atoms with Gasteiger partial charge in [0.15, 0.2) is 5.65 Å². The SMILES string of the molecule is Cc1cccc(CC(=O)NC(c2cc(=O)n3[nH]c(-c4ccccn4)cc3n2)C(C)C)c1. The summed E-state index contributed by atoms with van der Waals surface area (Å²) in [5.74, 6) is -0.0421. The molecule has 1 amide bonds. The first-order valence-corrected chi connectivity index (χ1v) is 10.3. The molecule has 1 aromatic carbocycles. The number of fused-ring (bicyclic) bond motifs is 1. The van der Waals surface area contributed by atoms with Crippen LogP contribution in [0.1, 0.15) is 36.7 Å². The lowest BCUT2D eigenvalue weighted by atomic mass is 10.00. The summed E-state index contributed by atoms with van der Waals surface area (Å²) in [4.78, 5) is 34.4. The van der Waals surface area contributed by atoms with Crippen molar-refractivity contribution < 1.29 is 4.79 Å². The maximum atomic E-state index is 12.7. The Kier molecular flexibility index (Phi) is 5.66. The van der Waals surface area contributed by atoms with Crippen LogP contribution in [0.25, 0.3) is 17.0 Å².